The van der Waals surface area contributed by atoms with Gasteiger partial charge in [-0.05, 0) is 32.9 Å². The van der Waals surface area contributed by atoms with Crippen LogP contribution in [-0.2, 0) is 14.3 Å². The van der Waals surface area contributed by atoms with Gasteiger partial charge in [-0.3, -0.25) is 4.79 Å². The maximum absolute atomic E-state index is 11.8. The first-order chi connectivity index (χ1) is 8.06. The molecule has 1 amide bonds. The topological polar surface area (TPSA) is 78.9 Å². The maximum Gasteiger partial charge on any atom is 0.332 e. The minimum atomic E-state index is -0.985. The van der Waals surface area contributed by atoms with Crippen LogP contribution < -0.4 is 5.32 Å². The summed E-state index contributed by atoms with van der Waals surface area (Å²) >= 11 is 0. The number of carbonyl (C=O) groups is 2. The number of carbonyl (C=O) groups excluding carboxylic acids is 1. The third kappa shape index (κ3) is 2.95. The Morgan fingerprint density at radius 2 is 2.00 bits per heavy atom. The first-order valence-corrected chi connectivity index (χ1v) is 5.93. The van der Waals surface area contributed by atoms with Gasteiger partial charge in [0.15, 0.2) is 6.10 Å². The van der Waals surface area contributed by atoms with Gasteiger partial charge in [0, 0.05) is 12.6 Å². The van der Waals surface area contributed by atoms with E-state index in [2.05, 4.69) is 10.2 Å². The van der Waals surface area contributed by atoms with Gasteiger partial charge in [-0.25, -0.2) is 4.79 Å². The van der Waals surface area contributed by atoms with E-state index in [1.807, 2.05) is 7.05 Å². The highest BCUT2D eigenvalue weighted by Gasteiger charge is 2.35. The highest BCUT2D eigenvalue weighted by molar-refractivity contribution is 5.82. The molecule has 0 bridgehead atoms. The number of carboxylic acid groups (broad SMARTS) is 1. The SMILES string of the molecule is CN1CCC(NC(=O)[C@@H]2CC[C@H](C(=O)O)O2)C1. The van der Waals surface area contributed by atoms with Crippen LogP contribution in [0.3, 0.4) is 0 Å². The molecule has 0 radical (unpaired) electrons. The molecule has 2 saturated heterocycles. The number of likely N-dealkylation sites (tertiary alicyclic amines) is 1. The number of hydrogen-bond acceptors (Lipinski definition) is 4. The quantitative estimate of drug-likeness (QED) is 0.693. The average Bonchev–Trinajstić information content (AvgIpc) is 2.86. The Morgan fingerprint density at radius 3 is 2.53 bits per heavy atom. The van der Waals surface area contributed by atoms with Gasteiger partial charge >= 0.3 is 5.97 Å². The highest BCUT2D eigenvalue weighted by atomic mass is 16.5. The van der Waals surface area contributed by atoms with Crippen LogP contribution in [0.25, 0.3) is 0 Å². The smallest absolute Gasteiger partial charge is 0.332 e. The van der Waals surface area contributed by atoms with E-state index in [4.69, 9.17) is 9.84 Å². The Hall–Kier alpha value is -1.14. The zero-order valence-electron chi connectivity index (χ0n) is 9.89. The predicted molar refractivity (Wildman–Crippen MR) is 59.6 cm³/mol. The summed E-state index contributed by atoms with van der Waals surface area (Å²) in [5.74, 6) is -1.16. The van der Waals surface area contributed by atoms with Crippen molar-refractivity contribution in [3.8, 4) is 0 Å². The number of hydrogen-bond donors (Lipinski definition) is 2. The summed E-state index contributed by atoms with van der Waals surface area (Å²) in [4.78, 5) is 24.7. The molecule has 2 fully saturated rings. The molecule has 0 saturated carbocycles. The van der Waals surface area contributed by atoms with Gasteiger partial charge in [-0.2, -0.15) is 0 Å². The van der Waals surface area contributed by atoms with Crippen molar-refractivity contribution in [2.45, 2.75) is 37.5 Å². The summed E-state index contributed by atoms with van der Waals surface area (Å²) in [5.41, 5.74) is 0. The molecule has 2 N–H and O–H groups in total. The molecular formula is C11H18N2O4. The number of nitrogens with one attached hydrogen (secondary N) is 1. The van der Waals surface area contributed by atoms with Gasteiger partial charge in [-0.1, -0.05) is 0 Å². The molecule has 6 heteroatoms. The first-order valence-electron chi connectivity index (χ1n) is 5.93. The summed E-state index contributed by atoms with van der Waals surface area (Å²) in [5, 5.41) is 11.7. The molecule has 0 aromatic rings. The number of ether oxygens (including phenoxy) is 1. The lowest BCUT2D eigenvalue weighted by Crippen LogP contribution is -2.42. The van der Waals surface area contributed by atoms with Crippen molar-refractivity contribution >= 4 is 11.9 Å². The molecule has 17 heavy (non-hydrogen) atoms. The predicted octanol–water partition coefficient (Wildman–Crippen LogP) is -0.561. The molecule has 0 spiro atoms. The number of carboxylic acids is 1. The van der Waals surface area contributed by atoms with E-state index < -0.39 is 18.2 Å². The van der Waals surface area contributed by atoms with Crippen molar-refractivity contribution in [3.05, 3.63) is 0 Å². The molecule has 0 aliphatic carbocycles. The summed E-state index contributed by atoms with van der Waals surface area (Å²) in [6.45, 7) is 1.83. The molecular weight excluding hydrogens is 224 g/mol. The molecule has 3 atom stereocenters. The van der Waals surface area contributed by atoms with Gasteiger partial charge in [0.2, 0.25) is 5.91 Å². The Labute approximate surface area is 99.9 Å². The van der Waals surface area contributed by atoms with Gasteiger partial charge in [0.25, 0.3) is 0 Å². The fourth-order valence-corrected chi connectivity index (χ4v) is 2.36. The van der Waals surface area contributed by atoms with Crippen LogP contribution >= 0.6 is 0 Å². The van der Waals surface area contributed by atoms with Crippen LogP contribution in [0, 0.1) is 0 Å². The average molecular weight is 242 g/mol. The molecule has 0 aromatic carbocycles. The zero-order valence-corrected chi connectivity index (χ0v) is 9.89. The summed E-state index contributed by atoms with van der Waals surface area (Å²) in [6, 6.07) is 0.167. The van der Waals surface area contributed by atoms with Crippen molar-refractivity contribution in [1.29, 1.82) is 0 Å². The van der Waals surface area contributed by atoms with Gasteiger partial charge in [-0.15, -0.1) is 0 Å². The third-order valence-corrected chi connectivity index (χ3v) is 3.33. The summed E-state index contributed by atoms with van der Waals surface area (Å²) in [6.07, 6.45) is 0.430. The summed E-state index contributed by atoms with van der Waals surface area (Å²) in [7, 11) is 2.01. The summed E-state index contributed by atoms with van der Waals surface area (Å²) < 4.78 is 5.20. The molecule has 0 aromatic heterocycles. The fourth-order valence-electron chi connectivity index (χ4n) is 2.36. The molecule has 1 unspecified atom stereocenters. The van der Waals surface area contributed by atoms with Crippen LogP contribution in [0.1, 0.15) is 19.3 Å². The Bertz CT molecular complexity index is 321. The normalized spacial score (nSPS) is 33.8. The molecule has 2 rings (SSSR count). The minimum Gasteiger partial charge on any atom is -0.479 e. The van der Waals surface area contributed by atoms with E-state index in [0.717, 1.165) is 19.5 Å². The zero-order chi connectivity index (χ0) is 12.4. The van der Waals surface area contributed by atoms with E-state index in [-0.39, 0.29) is 11.9 Å². The Kier molecular flexibility index (Phi) is 3.63. The number of aliphatic carboxylic acids is 1. The van der Waals surface area contributed by atoms with E-state index in [0.29, 0.717) is 12.8 Å². The van der Waals surface area contributed by atoms with Crippen LogP contribution in [0.5, 0.6) is 0 Å². The van der Waals surface area contributed by atoms with Gasteiger partial charge in [0.05, 0.1) is 0 Å². The molecule has 6 nitrogen and oxygen atoms in total. The number of likely N-dealkylation sites (N-methyl/N-ethyl adjacent to an activating group) is 1. The van der Waals surface area contributed by atoms with Crippen molar-refractivity contribution < 1.29 is 19.4 Å². The number of nitrogens with zero attached hydrogens (tertiary/aromatic N) is 1. The van der Waals surface area contributed by atoms with E-state index >= 15 is 0 Å². The van der Waals surface area contributed by atoms with Crippen LogP contribution in [0.4, 0.5) is 0 Å². The minimum absolute atomic E-state index is 0.167. The van der Waals surface area contributed by atoms with Crippen molar-refractivity contribution in [1.82, 2.24) is 10.2 Å². The number of rotatable bonds is 3. The lowest BCUT2D eigenvalue weighted by Gasteiger charge is -2.16. The van der Waals surface area contributed by atoms with Crippen LogP contribution in [-0.4, -0.2) is 60.3 Å². The fraction of sp³-hybridized carbons (Fsp3) is 0.818. The Balaban J connectivity index is 1.79. The van der Waals surface area contributed by atoms with E-state index in [1.165, 1.54) is 0 Å². The van der Waals surface area contributed by atoms with Crippen LogP contribution in [0.2, 0.25) is 0 Å². The standard InChI is InChI=1S/C11H18N2O4/c1-13-5-4-7(6-13)12-10(14)8-2-3-9(17-8)11(15)16/h7-9H,2-6H2,1H3,(H,12,14)(H,15,16)/t7?,8-,9+/m0/s1. The first kappa shape index (κ1) is 12.3. The maximum atomic E-state index is 11.8. The largest absolute Gasteiger partial charge is 0.479 e. The number of amides is 1. The molecule has 2 aliphatic rings. The molecule has 96 valence electrons. The monoisotopic (exact) mass is 242 g/mol. The van der Waals surface area contributed by atoms with E-state index in [9.17, 15) is 9.59 Å². The lowest BCUT2D eigenvalue weighted by molar-refractivity contribution is -0.151. The molecule has 2 aliphatic heterocycles. The van der Waals surface area contributed by atoms with Crippen LogP contribution in [0.15, 0.2) is 0 Å². The second-order valence-corrected chi connectivity index (χ2v) is 4.79. The van der Waals surface area contributed by atoms with Gasteiger partial charge in [0.1, 0.15) is 6.10 Å². The third-order valence-electron chi connectivity index (χ3n) is 3.33. The molecule has 2 heterocycles. The highest BCUT2D eigenvalue weighted by Crippen LogP contribution is 2.20. The second kappa shape index (κ2) is 5.01. The van der Waals surface area contributed by atoms with Crippen molar-refractivity contribution in [2.75, 3.05) is 20.1 Å². The Morgan fingerprint density at radius 1 is 1.29 bits per heavy atom. The van der Waals surface area contributed by atoms with Crippen molar-refractivity contribution in [3.63, 3.8) is 0 Å². The second-order valence-electron chi connectivity index (χ2n) is 4.79. The van der Waals surface area contributed by atoms with Crippen molar-refractivity contribution in [2.24, 2.45) is 0 Å². The van der Waals surface area contributed by atoms with Gasteiger partial charge < -0.3 is 20.1 Å². The lowest BCUT2D eigenvalue weighted by atomic mass is 10.1. The van der Waals surface area contributed by atoms with E-state index in [1.54, 1.807) is 0 Å².